The first-order valence-corrected chi connectivity index (χ1v) is 6.74. The van der Waals surface area contributed by atoms with E-state index in [1.165, 1.54) is 38.5 Å². The van der Waals surface area contributed by atoms with Crippen molar-refractivity contribution >= 4 is 5.91 Å². The zero-order valence-electron chi connectivity index (χ0n) is 10.1. The summed E-state index contributed by atoms with van der Waals surface area (Å²) in [6, 6.07) is 0. The van der Waals surface area contributed by atoms with Gasteiger partial charge in [0.2, 0.25) is 5.91 Å². The normalized spacial score (nSPS) is 24.8. The molecule has 92 valence electrons. The molecule has 0 aromatic carbocycles. The molecule has 3 N–H and O–H groups in total. The van der Waals surface area contributed by atoms with Gasteiger partial charge in [-0.05, 0) is 37.6 Å². The van der Waals surface area contributed by atoms with Crippen molar-refractivity contribution < 1.29 is 4.79 Å². The average molecular weight is 224 g/mol. The number of hydrogen-bond acceptors (Lipinski definition) is 2. The third-order valence-electron chi connectivity index (χ3n) is 4.46. The Morgan fingerprint density at radius 2 is 1.88 bits per heavy atom. The molecule has 0 aromatic rings. The zero-order valence-corrected chi connectivity index (χ0v) is 10.1. The Bertz CT molecular complexity index is 237. The number of carbonyl (C=O) groups excluding carboxylic acids is 1. The molecule has 0 radical (unpaired) electrons. The van der Waals surface area contributed by atoms with E-state index in [1.807, 2.05) is 0 Å². The molecule has 0 atom stereocenters. The second-order valence-corrected chi connectivity index (χ2v) is 5.61. The molecule has 2 aliphatic rings. The van der Waals surface area contributed by atoms with Crippen molar-refractivity contribution in [2.24, 2.45) is 17.1 Å². The van der Waals surface area contributed by atoms with Crippen LogP contribution in [0.4, 0.5) is 0 Å². The number of rotatable bonds is 4. The summed E-state index contributed by atoms with van der Waals surface area (Å²) < 4.78 is 0. The van der Waals surface area contributed by atoms with Crippen LogP contribution < -0.4 is 11.1 Å². The first kappa shape index (κ1) is 11.9. The lowest BCUT2D eigenvalue weighted by atomic mass is 9.68. The number of carbonyl (C=O) groups is 1. The molecule has 0 unspecified atom stereocenters. The number of hydrogen-bond donors (Lipinski definition) is 2. The van der Waals surface area contributed by atoms with Gasteiger partial charge < -0.3 is 11.1 Å². The fraction of sp³-hybridized carbons (Fsp3) is 0.923. The van der Waals surface area contributed by atoms with Crippen LogP contribution in [-0.2, 0) is 4.79 Å². The van der Waals surface area contributed by atoms with Crippen LogP contribution >= 0.6 is 0 Å². The van der Waals surface area contributed by atoms with Crippen LogP contribution in [0.2, 0.25) is 0 Å². The van der Waals surface area contributed by atoms with Crippen LogP contribution in [-0.4, -0.2) is 19.0 Å². The second-order valence-electron chi connectivity index (χ2n) is 5.61. The summed E-state index contributed by atoms with van der Waals surface area (Å²) in [5, 5.41) is 3.13. The molecule has 16 heavy (non-hydrogen) atoms. The van der Waals surface area contributed by atoms with Gasteiger partial charge in [0, 0.05) is 12.5 Å². The molecular weight excluding hydrogens is 200 g/mol. The van der Waals surface area contributed by atoms with E-state index in [2.05, 4.69) is 5.32 Å². The lowest BCUT2D eigenvalue weighted by Gasteiger charge is -2.41. The van der Waals surface area contributed by atoms with Crippen LogP contribution in [0.5, 0.6) is 0 Å². The van der Waals surface area contributed by atoms with Crippen molar-refractivity contribution in [2.75, 3.05) is 13.1 Å². The van der Waals surface area contributed by atoms with E-state index in [-0.39, 0.29) is 17.2 Å². The number of nitrogens with one attached hydrogen (secondary N) is 1. The van der Waals surface area contributed by atoms with Gasteiger partial charge >= 0.3 is 0 Å². The highest BCUT2D eigenvalue weighted by atomic mass is 16.1. The molecule has 0 spiro atoms. The summed E-state index contributed by atoms with van der Waals surface area (Å²) in [6.45, 7) is 1.52. The van der Waals surface area contributed by atoms with Gasteiger partial charge in [-0.1, -0.05) is 25.7 Å². The Morgan fingerprint density at radius 1 is 1.19 bits per heavy atom. The lowest BCUT2D eigenvalue weighted by Crippen LogP contribution is -2.48. The van der Waals surface area contributed by atoms with Crippen molar-refractivity contribution in [1.29, 1.82) is 0 Å². The SMILES string of the molecule is NCC1(CNC(=O)C2CCCCC2)CCC1. The fourth-order valence-corrected chi connectivity index (χ4v) is 2.91. The van der Waals surface area contributed by atoms with Gasteiger partial charge in [-0.3, -0.25) is 4.79 Å². The quantitative estimate of drug-likeness (QED) is 0.765. The Kier molecular flexibility index (Phi) is 3.85. The third kappa shape index (κ3) is 2.57. The first-order valence-electron chi connectivity index (χ1n) is 6.74. The van der Waals surface area contributed by atoms with E-state index < -0.39 is 0 Å². The average Bonchev–Trinajstić information content (AvgIpc) is 2.29. The van der Waals surface area contributed by atoms with E-state index in [4.69, 9.17) is 5.73 Å². The summed E-state index contributed by atoms with van der Waals surface area (Å²) in [6.07, 6.45) is 9.57. The lowest BCUT2D eigenvalue weighted by molar-refractivity contribution is -0.126. The molecule has 0 heterocycles. The predicted octanol–water partition coefficient (Wildman–Crippen LogP) is 1.81. The highest BCUT2D eigenvalue weighted by Gasteiger charge is 2.36. The van der Waals surface area contributed by atoms with Gasteiger partial charge in [0.1, 0.15) is 0 Å². The Balaban J connectivity index is 1.74. The van der Waals surface area contributed by atoms with E-state index >= 15 is 0 Å². The van der Waals surface area contributed by atoms with E-state index in [0.717, 1.165) is 25.9 Å². The van der Waals surface area contributed by atoms with Gasteiger partial charge in [0.15, 0.2) is 0 Å². The topological polar surface area (TPSA) is 55.1 Å². The molecule has 0 aliphatic heterocycles. The molecule has 0 bridgehead atoms. The minimum Gasteiger partial charge on any atom is -0.355 e. The Labute approximate surface area is 98.2 Å². The molecule has 2 aliphatic carbocycles. The van der Waals surface area contributed by atoms with Crippen molar-refractivity contribution in [3.05, 3.63) is 0 Å². The third-order valence-corrected chi connectivity index (χ3v) is 4.46. The maximum absolute atomic E-state index is 11.9. The van der Waals surface area contributed by atoms with Crippen LogP contribution in [0, 0.1) is 11.3 Å². The van der Waals surface area contributed by atoms with Crippen LogP contribution in [0.15, 0.2) is 0 Å². The van der Waals surface area contributed by atoms with E-state index in [1.54, 1.807) is 0 Å². The summed E-state index contributed by atoms with van der Waals surface area (Å²) in [7, 11) is 0. The van der Waals surface area contributed by atoms with Crippen LogP contribution in [0.25, 0.3) is 0 Å². The first-order chi connectivity index (χ1) is 7.76. The summed E-state index contributed by atoms with van der Waals surface area (Å²) in [4.78, 5) is 11.9. The van der Waals surface area contributed by atoms with Crippen LogP contribution in [0.3, 0.4) is 0 Å². The molecule has 2 rings (SSSR count). The molecule has 0 aromatic heterocycles. The monoisotopic (exact) mass is 224 g/mol. The van der Waals surface area contributed by atoms with Crippen molar-refractivity contribution in [1.82, 2.24) is 5.32 Å². The molecular formula is C13H24N2O. The second kappa shape index (κ2) is 5.17. The van der Waals surface area contributed by atoms with Gasteiger partial charge in [-0.15, -0.1) is 0 Å². The molecule has 3 heteroatoms. The number of amides is 1. The van der Waals surface area contributed by atoms with Gasteiger partial charge in [0.25, 0.3) is 0 Å². The molecule has 1 amide bonds. The maximum Gasteiger partial charge on any atom is 0.223 e. The zero-order chi connectivity index (χ0) is 11.4. The van der Waals surface area contributed by atoms with Gasteiger partial charge in [-0.25, -0.2) is 0 Å². The van der Waals surface area contributed by atoms with Crippen molar-refractivity contribution in [3.8, 4) is 0 Å². The Morgan fingerprint density at radius 3 is 2.38 bits per heavy atom. The van der Waals surface area contributed by atoms with E-state index in [9.17, 15) is 4.79 Å². The summed E-state index contributed by atoms with van der Waals surface area (Å²) in [5.74, 6) is 0.558. The molecule has 2 saturated carbocycles. The van der Waals surface area contributed by atoms with Crippen LogP contribution in [0.1, 0.15) is 51.4 Å². The highest BCUT2D eigenvalue weighted by molar-refractivity contribution is 5.78. The molecule has 0 saturated heterocycles. The standard InChI is InChI=1S/C13H24N2O/c14-9-13(7-4-8-13)10-15-12(16)11-5-2-1-3-6-11/h11H,1-10,14H2,(H,15,16). The van der Waals surface area contributed by atoms with Gasteiger partial charge in [-0.2, -0.15) is 0 Å². The Hall–Kier alpha value is -0.570. The predicted molar refractivity (Wildman–Crippen MR) is 64.9 cm³/mol. The van der Waals surface area contributed by atoms with E-state index in [0.29, 0.717) is 0 Å². The number of nitrogens with two attached hydrogens (primary N) is 1. The van der Waals surface area contributed by atoms with Gasteiger partial charge in [0.05, 0.1) is 0 Å². The fourth-order valence-electron chi connectivity index (χ4n) is 2.91. The van der Waals surface area contributed by atoms with Crippen molar-refractivity contribution in [2.45, 2.75) is 51.4 Å². The minimum atomic E-state index is 0.240. The molecule has 3 nitrogen and oxygen atoms in total. The largest absolute Gasteiger partial charge is 0.355 e. The highest BCUT2D eigenvalue weighted by Crippen LogP contribution is 2.39. The minimum absolute atomic E-state index is 0.240. The maximum atomic E-state index is 11.9. The summed E-state index contributed by atoms with van der Waals surface area (Å²) >= 11 is 0. The summed E-state index contributed by atoms with van der Waals surface area (Å²) in [5.41, 5.74) is 6.02. The van der Waals surface area contributed by atoms with Crippen molar-refractivity contribution in [3.63, 3.8) is 0 Å². The molecule has 2 fully saturated rings. The smallest absolute Gasteiger partial charge is 0.223 e.